The number of aryl methyl sites for hydroxylation is 1. The van der Waals surface area contributed by atoms with Gasteiger partial charge in [0.1, 0.15) is 5.82 Å². The topological polar surface area (TPSA) is 41.1 Å². The van der Waals surface area contributed by atoms with Crippen molar-refractivity contribution in [3.05, 3.63) is 59.4 Å². The van der Waals surface area contributed by atoms with Gasteiger partial charge in [0.05, 0.1) is 11.3 Å². The minimum absolute atomic E-state index is 0.0418. The van der Waals surface area contributed by atoms with Gasteiger partial charge in [-0.15, -0.1) is 0 Å². The molecule has 0 saturated heterocycles. The van der Waals surface area contributed by atoms with Gasteiger partial charge in [0.25, 0.3) is 0 Å². The summed E-state index contributed by atoms with van der Waals surface area (Å²) in [5.74, 6) is -0.626. The normalized spacial score (nSPS) is 11.1. The SMILES string of the molecule is Cc1ccc(NC(=O)Nc2cccc(C(F)(F)F)c2)c(F)c1. The largest absolute Gasteiger partial charge is 0.416 e. The van der Waals surface area contributed by atoms with E-state index in [4.69, 9.17) is 0 Å². The molecule has 3 nitrogen and oxygen atoms in total. The number of carbonyl (C=O) groups is 1. The second-order valence-corrected chi connectivity index (χ2v) is 4.64. The highest BCUT2D eigenvalue weighted by Gasteiger charge is 2.30. The Balaban J connectivity index is 2.09. The lowest BCUT2D eigenvalue weighted by molar-refractivity contribution is -0.137. The molecule has 116 valence electrons. The molecule has 2 amide bonds. The summed E-state index contributed by atoms with van der Waals surface area (Å²) in [6, 6.07) is 7.54. The molecule has 2 aromatic rings. The number of hydrogen-bond donors (Lipinski definition) is 2. The van der Waals surface area contributed by atoms with Gasteiger partial charge in [-0.05, 0) is 42.8 Å². The van der Waals surface area contributed by atoms with E-state index < -0.39 is 23.6 Å². The summed E-state index contributed by atoms with van der Waals surface area (Å²) in [5.41, 5.74) is -0.303. The highest BCUT2D eigenvalue weighted by atomic mass is 19.4. The number of carbonyl (C=O) groups excluding carboxylic acids is 1. The summed E-state index contributed by atoms with van der Waals surface area (Å²) >= 11 is 0. The maximum Gasteiger partial charge on any atom is 0.416 e. The molecule has 7 heteroatoms. The number of urea groups is 1. The van der Waals surface area contributed by atoms with Crippen LogP contribution in [0.1, 0.15) is 11.1 Å². The molecular weight excluding hydrogens is 300 g/mol. The third kappa shape index (κ3) is 3.97. The van der Waals surface area contributed by atoms with E-state index in [1.54, 1.807) is 13.0 Å². The first-order valence-electron chi connectivity index (χ1n) is 6.27. The van der Waals surface area contributed by atoms with Gasteiger partial charge in [0.15, 0.2) is 0 Å². The average molecular weight is 312 g/mol. The molecule has 2 aromatic carbocycles. The number of amides is 2. The molecular formula is C15H12F4N2O. The van der Waals surface area contributed by atoms with E-state index in [-0.39, 0.29) is 11.4 Å². The molecule has 22 heavy (non-hydrogen) atoms. The Morgan fingerprint density at radius 3 is 2.41 bits per heavy atom. The number of halogens is 4. The van der Waals surface area contributed by atoms with E-state index in [0.717, 1.165) is 12.1 Å². The van der Waals surface area contributed by atoms with Crippen LogP contribution in [0.25, 0.3) is 0 Å². The third-order valence-electron chi connectivity index (χ3n) is 2.82. The summed E-state index contributed by atoms with van der Waals surface area (Å²) < 4.78 is 51.3. The molecule has 0 saturated carbocycles. The molecule has 0 atom stereocenters. The molecule has 0 bridgehead atoms. The minimum Gasteiger partial charge on any atom is -0.308 e. The zero-order valence-corrected chi connectivity index (χ0v) is 11.5. The van der Waals surface area contributed by atoms with E-state index in [9.17, 15) is 22.4 Å². The molecule has 0 unspecified atom stereocenters. The minimum atomic E-state index is -4.50. The Kier molecular flexibility index (Phi) is 4.35. The van der Waals surface area contributed by atoms with Crippen molar-refractivity contribution in [1.29, 1.82) is 0 Å². The van der Waals surface area contributed by atoms with Crippen molar-refractivity contribution >= 4 is 17.4 Å². The van der Waals surface area contributed by atoms with Crippen molar-refractivity contribution in [1.82, 2.24) is 0 Å². The summed E-state index contributed by atoms with van der Waals surface area (Å²) in [6.45, 7) is 1.69. The Labute approximate surface area is 124 Å². The first kappa shape index (κ1) is 15.8. The molecule has 0 radical (unpaired) electrons. The lowest BCUT2D eigenvalue weighted by Crippen LogP contribution is -2.20. The molecule has 0 aliphatic heterocycles. The smallest absolute Gasteiger partial charge is 0.308 e. The summed E-state index contributed by atoms with van der Waals surface area (Å²) in [5, 5.41) is 4.47. The highest BCUT2D eigenvalue weighted by Crippen LogP contribution is 2.30. The fraction of sp³-hybridized carbons (Fsp3) is 0.133. The highest BCUT2D eigenvalue weighted by molar-refractivity contribution is 5.99. The van der Waals surface area contributed by atoms with E-state index in [0.29, 0.717) is 5.56 Å². The third-order valence-corrected chi connectivity index (χ3v) is 2.82. The van der Waals surface area contributed by atoms with E-state index in [1.165, 1.54) is 24.3 Å². The van der Waals surface area contributed by atoms with Crippen LogP contribution in [0.15, 0.2) is 42.5 Å². The van der Waals surface area contributed by atoms with Crippen molar-refractivity contribution in [3.63, 3.8) is 0 Å². The molecule has 0 aromatic heterocycles. The average Bonchev–Trinajstić information content (AvgIpc) is 2.41. The van der Waals surface area contributed by atoms with Crippen molar-refractivity contribution in [2.24, 2.45) is 0 Å². The predicted octanol–water partition coefficient (Wildman–Crippen LogP) is 4.80. The van der Waals surface area contributed by atoms with Crippen LogP contribution in [0.5, 0.6) is 0 Å². The quantitative estimate of drug-likeness (QED) is 0.769. The van der Waals surface area contributed by atoms with Crippen LogP contribution < -0.4 is 10.6 Å². The molecule has 0 aliphatic carbocycles. The first-order chi connectivity index (χ1) is 10.3. The van der Waals surface area contributed by atoms with Gasteiger partial charge in [-0.1, -0.05) is 12.1 Å². The van der Waals surface area contributed by atoms with Crippen LogP contribution in [0.3, 0.4) is 0 Å². The van der Waals surface area contributed by atoms with Gasteiger partial charge in [0, 0.05) is 5.69 Å². The number of rotatable bonds is 2. The number of anilines is 2. The van der Waals surface area contributed by atoms with Crippen LogP contribution in [0, 0.1) is 12.7 Å². The molecule has 0 spiro atoms. The zero-order valence-electron chi connectivity index (χ0n) is 11.5. The van der Waals surface area contributed by atoms with Gasteiger partial charge in [-0.25, -0.2) is 9.18 Å². The Hall–Kier alpha value is -2.57. The molecule has 0 heterocycles. The first-order valence-corrected chi connectivity index (χ1v) is 6.27. The Morgan fingerprint density at radius 2 is 1.77 bits per heavy atom. The fourth-order valence-corrected chi connectivity index (χ4v) is 1.78. The second kappa shape index (κ2) is 6.05. The van der Waals surface area contributed by atoms with Crippen LogP contribution in [-0.2, 0) is 6.18 Å². The Morgan fingerprint density at radius 1 is 1.05 bits per heavy atom. The standard InChI is InChI=1S/C15H12F4N2O/c1-9-5-6-13(12(16)7-9)21-14(22)20-11-4-2-3-10(8-11)15(17,18)19/h2-8H,1H3,(H2,20,21,22). The van der Waals surface area contributed by atoms with Crippen molar-refractivity contribution < 1.29 is 22.4 Å². The van der Waals surface area contributed by atoms with Crippen molar-refractivity contribution in [2.45, 2.75) is 13.1 Å². The number of alkyl halides is 3. The Bertz CT molecular complexity index is 698. The summed E-state index contributed by atoms with van der Waals surface area (Å²) in [4.78, 5) is 11.7. The molecule has 0 aliphatic rings. The van der Waals surface area contributed by atoms with Gasteiger partial charge in [-0.2, -0.15) is 13.2 Å². The molecule has 0 fully saturated rings. The van der Waals surface area contributed by atoms with E-state index in [2.05, 4.69) is 10.6 Å². The number of nitrogens with one attached hydrogen (secondary N) is 2. The van der Waals surface area contributed by atoms with Crippen LogP contribution in [0.2, 0.25) is 0 Å². The van der Waals surface area contributed by atoms with Crippen LogP contribution in [-0.4, -0.2) is 6.03 Å². The van der Waals surface area contributed by atoms with Crippen molar-refractivity contribution in [2.75, 3.05) is 10.6 Å². The second-order valence-electron chi connectivity index (χ2n) is 4.64. The number of benzene rings is 2. The van der Waals surface area contributed by atoms with Crippen LogP contribution in [0.4, 0.5) is 33.7 Å². The molecule has 2 rings (SSSR count). The number of hydrogen-bond acceptors (Lipinski definition) is 1. The molecule has 2 N–H and O–H groups in total. The maximum absolute atomic E-state index is 13.6. The van der Waals surface area contributed by atoms with E-state index >= 15 is 0 Å². The van der Waals surface area contributed by atoms with Gasteiger partial charge >= 0.3 is 12.2 Å². The van der Waals surface area contributed by atoms with Gasteiger partial charge in [0.2, 0.25) is 0 Å². The lowest BCUT2D eigenvalue weighted by atomic mass is 10.2. The predicted molar refractivity (Wildman–Crippen MR) is 75.2 cm³/mol. The van der Waals surface area contributed by atoms with Gasteiger partial charge < -0.3 is 10.6 Å². The van der Waals surface area contributed by atoms with Crippen LogP contribution >= 0.6 is 0 Å². The van der Waals surface area contributed by atoms with E-state index in [1.807, 2.05) is 0 Å². The monoisotopic (exact) mass is 312 g/mol. The van der Waals surface area contributed by atoms with Gasteiger partial charge in [-0.3, -0.25) is 0 Å². The summed E-state index contributed by atoms with van der Waals surface area (Å²) in [6.07, 6.45) is -4.50. The van der Waals surface area contributed by atoms with Crippen molar-refractivity contribution in [3.8, 4) is 0 Å². The lowest BCUT2D eigenvalue weighted by Gasteiger charge is -2.11. The summed E-state index contributed by atoms with van der Waals surface area (Å²) in [7, 11) is 0. The maximum atomic E-state index is 13.6. The zero-order chi connectivity index (χ0) is 16.3. The fourth-order valence-electron chi connectivity index (χ4n) is 1.78.